The Morgan fingerprint density at radius 3 is 1.87 bits per heavy atom. The Balaban J connectivity index is 0.887. The summed E-state index contributed by atoms with van der Waals surface area (Å²) in [5.74, 6) is 3.17. The molecule has 0 spiro atoms. The van der Waals surface area contributed by atoms with E-state index in [4.69, 9.17) is 15.0 Å². The van der Waals surface area contributed by atoms with Crippen molar-refractivity contribution < 1.29 is 0 Å². The summed E-state index contributed by atoms with van der Waals surface area (Å²) in [5.41, 5.74) is 16.9. The zero-order valence-corrected chi connectivity index (χ0v) is 37.6. The third-order valence-corrected chi connectivity index (χ3v) is 14.6. The number of benzene rings is 6. The monoisotopic (exact) mass is 864 g/mol. The standard InChI is InChI=1S/C63H52N4/c1-6-19-43(20-7-1)44-33-37-50(38-34-44)62-64-61(49-27-14-5-15-28-49)65-63(66-62)51-39-35-45(36-40-51)52-29-18-30-53(41-52)58-54-31-16-17-32-55(54)60-57(47-23-10-3-11-24-47)56(46-21-8-2-9-22-46)42-67(60)59(58)48-25-12-4-13-26-48/h1-8,10-21,23-37,39-40,50,53,56-57,60H,9,22,38,41-42H2. The minimum atomic E-state index is 0.0551. The van der Waals surface area contributed by atoms with Gasteiger partial charge in [0.25, 0.3) is 0 Å². The second-order valence-electron chi connectivity index (χ2n) is 18.5. The molecule has 1 saturated heterocycles. The summed E-state index contributed by atoms with van der Waals surface area (Å²) in [5, 5.41) is 0. The van der Waals surface area contributed by atoms with Gasteiger partial charge in [-0.1, -0.05) is 230 Å². The molecule has 7 aromatic rings. The van der Waals surface area contributed by atoms with Crippen molar-refractivity contribution in [3.63, 3.8) is 0 Å². The maximum Gasteiger partial charge on any atom is 0.163 e. The van der Waals surface area contributed by atoms with E-state index in [0.717, 1.165) is 49.2 Å². The van der Waals surface area contributed by atoms with Crippen LogP contribution in [0.25, 0.3) is 45.2 Å². The molecule has 4 nitrogen and oxygen atoms in total. The van der Waals surface area contributed by atoms with E-state index in [-0.39, 0.29) is 17.9 Å². The molecule has 3 heterocycles. The summed E-state index contributed by atoms with van der Waals surface area (Å²) in [7, 11) is 0. The summed E-state index contributed by atoms with van der Waals surface area (Å²) in [6.07, 6.45) is 24.8. The van der Waals surface area contributed by atoms with Gasteiger partial charge in [-0.05, 0) is 75.8 Å². The van der Waals surface area contributed by atoms with E-state index in [1.165, 1.54) is 55.8 Å². The van der Waals surface area contributed by atoms with Gasteiger partial charge in [-0.3, -0.25) is 0 Å². The Kier molecular flexibility index (Phi) is 10.9. The van der Waals surface area contributed by atoms with Gasteiger partial charge in [0.05, 0.1) is 6.04 Å². The first-order valence-corrected chi connectivity index (χ1v) is 24.0. The Hall–Kier alpha value is -7.69. The molecule has 0 radical (unpaired) electrons. The maximum absolute atomic E-state index is 5.16. The lowest BCUT2D eigenvalue weighted by Crippen LogP contribution is -2.31. The minimum Gasteiger partial charge on any atom is -0.362 e. The van der Waals surface area contributed by atoms with Gasteiger partial charge in [-0.25, -0.2) is 15.0 Å². The van der Waals surface area contributed by atoms with Crippen LogP contribution in [0.2, 0.25) is 0 Å². The quantitative estimate of drug-likeness (QED) is 0.145. The number of rotatable bonds is 9. The number of nitrogens with zero attached hydrogens (tertiary/aromatic N) is 4. The number of hydrogen-bond donors (Lipinski definition) is 0. The van der Waals surface area contributed by atoms with Gasteiger partial charge >= 0.3 is 0 Å². The second kappa shape index (κ2) is 17.9. The van der Waals surface area contributed by atoms with E-state index in [0.29, 0.717) is 23.5 Å². The van der Waals surface area contributed by atoms with Crippen molar-refractivity contribution in [2.75, 3.05) is 6.54 Å². The molecule has 0 N–H and O–H groups in total. The summed E-state index contributed by atoms with van der Waals surface area (Å²) in [6.45, 7) is 0.986. The lowest BCUT2D eigenvalue weighted by Gasteiger charge is -2.42. The molecule has 0 saturated carbocycles. The van der Waals surface area contributed by atoms with Gasteiger partial charge in [-0.15, -0.1) is 0 Å². The van der Waals surface area contributed by atoms with E-state index in [1.54, 1.807) is 5.57 Å². The number of fused-ring (bicyclic) bond motifs is 3. The van der Waals surface area contributed by atoms with Crippen LogP contribution in [-0.2, 0) is 0 Å². The lowest BCUT2D eigenvalue weighted by atomic mass is 9.72. The van der Waals surface area contributed by atoms with Gasteiger partial charge in [0, 0.05) is 47.0 Å². The Morgan fingerprint density at radius 1 is 0.537 bits per heavy atom. The van der Waals surface area contributed by atoms with Gasteiger partial charge in [0.15, 0.2) is 11.6 Å². The summed E-state index contributed by atoms with van der Waals surface area (Å²) in [4.78, 5) is 18.1. The fourth-order valence-corrected chi connectivity index (χ4v) is 11.4. The zero-order chi connectivity index (χ0) is 44.5. The molecule has 4 heteroatoms. The molecule has 5 aliphatic rings. The highest BCUT2D eigenvalue weighted by atomic mass is 15.2. The topological polar surface area (TPSA) is 41.9 Å². The molecular formula is C63H52N4. The predicted molar refractivity (Wildman–Crippen MR) is 275 cm³/mol. The van der Waals surface area contributed by atoms with Crippen molar-refractivity contribution in [3.05, 3.63) is 269 Å². The van der Waals surface area contributed by atoms with Crippen LogP contribution in [0.5, 0.6) is 0 Å². The van der Waals surface area contributed by atoms with Crippen LogP contribution in [0.1, 0.15) is 82.8 Å². The van der Waals surface area contributed by atoms with Crippen LogP contribution in [0.4, 0.5) is 0 Å². The minimum absolute atomic E-state index is 0.0551. The number of allylic oxidation sites excluding steroid dienone is 12. The smallest absolute Gasteiger partial charge is 0.163 e. The van der Waals surface area contributed by atoms with Crippen LogP contribution in [-0.4, -0.2) is 26.4 Å². The molecule has 1 aromatic heterocycles. The predicted octanol–water partition coefficient (Wildman–Crippen LogP) is 14.9. The Morgan fingerprint density at radius 2 is 1.18 bits per heavy atom. The van der Waals surface area contributed by atoms with Crippen molar-refractivity contribution in [2.24, 2.45) is 11.8 Å². The van der Waals surface area contributed by atoms with Crippen molar-refractivity contribution in [2.45, 2.75) is 43.6 Å². The van der Waals surface area contributed by atoms with Crippen molar-refractivity contribution >= 4 is 22.4 Å². The molecule has 2 aliphatic heterocycles. The first kappa shape index (κ1) is 40.8. The van der Waals surface area contributed by atoms with Crippen LogP contribution in [0.3, 0.4) is 0 Å². The average Bonchev–Trinajstić information content (AvgIpc) is 3.83. The van der Waals surface area contributed by atoms with Gasteiger partial charge in [0.1, 0.15) is 5.82 Å². The van der Waals surface area contributed by atoms with E-state index >= 15 is 0 Å². The average molecular weight is 865 g/mol. The molecule has 5 unspecified atom stereocenters. The third kappa shape index (κ3) is 7.87. The normalized spacial score (nSPS) is 21.9. The summed E-state index contributed by atoms with van der Waals surface area (Å²) < 4.78 is 0. The van der Waals surface area contributed by atoms with E-state index in [1.807, 2.05) is 18.2 Å². The molecule has 12 rings (SSSR count). The fourth-order valence-electron chi connectivity index (χ4n) is 11.4. The second-order valence-corrected chi connectivity index (χ2v) is 18.5. The molecule has 67 heavy (non-hydrogen) atoms. The lowest BCUT2D eigenvalue weighted by molar-refractivity contribution is 0.354. The Bertz CT molecular complexity index is 3160. The first-order chi connectivity index (χ1) is 33.2. The molecule has 0 amide bonds. The van der Waals surface area contributed by atoms with Crippen LogP contribution < -0.4 is 0 Å². The maximum atomic E-state index is 5.16. The van der Waals surface area contributed by atoms with E-state index in [2.05, 4.69) is 211 Å². The van der Waals surface area contributed by atoms with Crippen molar-refractivity contribution in [1.29, 1.82) is 0 Å². The largest absolute Gasteiger partial charge is 0.362 e. The van der Waals surface area contributed by atoms with Crippen molar-refractivity contribution in [3.8, 4) is 22.8 Å². The SMILES string of the molecule is C1=CCCC(C2CN3C(c4ccccc4)=C(C4C=CC=C(c5ccc(-c6nc(-c7ccccc7)nc(C7C=CC(c8ccccc8)=CC7)n6)cc5)C4)c4ccccc4C3C2c2ccccc2)=C1. The molecule has 5 atom stereocenters. The molecule has 6 aromatic carbocycles. The van der Waals surface area contributed by atoms with Crippen LogP contribution in [0.15, 0.2) is 230 Å². The van der Waals surface area contributed by atoms with Gasteiger partial charge in [-0.2, -0.15) is 0 Å². The number of aromatic nitrogens is 3. The Labute approximate surface area is 394 Å². The first-order valence-electron chi connectivity index (χ1n) is 24.0. The van der Waals surface area contributed by atoms with Crippen LogP contribution >= 0.6 is 0 Å². The highest BCUT2D eigenvalue weighted by molar-refractivity contribution is 5.96. The highest BCUT2D eigenvalue weighted by Gasteiger charge is 2.49. The molecule has 324 valence electrons. The fraction of sp³-hybridized carbons (Fsp3) is 0.159. The molecular weight excluding hydrogens is 813 g/mol. The molecule has 3 aliphatic carbocycles. The summed E-state index contributed by atoms with van der Waals surface area (Å²) >= 11 is 0. The summed E-state index contributed by atoms with van der Waals surface area (Å²) in [6, 6.07) is 61.9. The molecule has 0 bridgehead atoms. The highest BCUT2D eigenvalue weighted by Crippen LogP contribution is 2.59. The van der Waals surface area contributed by atoms with Crippen LogP contribution in [0, 0.1) is 11.8 Å². The van der Waals surface area contributed by atoms with Gasteiger partial charge < -0.3 is 4.90 Å². The van der Waals surface area contributed by atoms with E-state index < -0.39 is 0 Å². The van der Waals surface area contributed by atoms with E-state index in [9.17, 15) is 0 Å². The van der Waals surface area contributed by atoms with Gasteiger partial charge in [0.2, 0.25) is 0 Å². The van der Waals surface area contributed by atoms with Crippen molar-refractivity contribution in [1.82, 2.24) is 19.9 Å². The third-order valence-electron chi connectivity index (χ3n) is 14.6. The zero-order valence-electron chi connectivity index (χ0n) is 37.6. The number of hydrogen-bond acceptors (Lipinski definition) is 4. The molecule has 1 fully saturated rings.